The molecular formula is C9H6Cl2F2O2. The molecule has 82 valence electrons. The van der Waals surface area contributed by atoms with Crippen molar-refractivity contribution < 1.29 is 18.3 Å². The first-order valence-corrected chi connectivity index (χ1v) is 4.62. The molecule has 0 aromatic heterocycles. The molecule has 1 aromatic carbocycles. The van der Waals surface area contributed by atoms with Gasteiger partial charge in [-0.15, -0.1) is 0 Å². The van der Waals surface area contributed by atoms with Gasteiger partial charge in [0.15, 0.2) is 5.78 Å². The van der Waals surface area contributed by atoms with Crippen LogP contribution in [0.3, 0.4) is 0 Å². The fraction of sp³-hybridized carbons (Fsp3) is 0.222. The van der Waals surface area contributed by atoms with Gasteiger partial charge in [0.2, 0.25) is 0 Å². The van der Waals surface area contributed by atoms with Crippen molar-refractivity contribution in [3.05, 3.63) is 27.7 Å². The molecule has 0 N–H and O–H groups in total. The van der Waals surface area contributed by atoms with Crippen LogP contribution >= 0.6 is 23.2 Å². The van der Waals surface area contributed by atoms with Crippen molar-refractivity contribution in [2.45, 2.75) is 13.5 Å². The van der Waals surface area contributed by atoms with E-state index in [9.17, 15) is 13.6 Å². The topological polar surface area (TPSA) is 26.3 Å². The van der Waals surface area contributed by atoms with E-state index in [1.807, 2.05) is 0 Å². The molecule has 0 saturated heterocycles. The van der Waals surface area contributed by atoms with E-state index in [0.29, 0.717) is 0 Å². The summed E-state index contributed by atoms with van der Waals surface area (Å²) in [5.74, 6) is -0.675. The number of carbonyl (C=O) groups is 1. The summed E-state index contributed by atoms with van der Waals surface area (Å²) in [6, 6.07) is 2.42. The number of benzene rings is 1. The van der Waals surface area contributed by atoms with Crippen molar-refractivity contribution in [1.82, 2.24) is 0 Å². The van der Waals surface area contributed by atoms with Crippen LogP contribution in [0.15, 0.2) is 12.1 Å². The van der Waals surface area contributed by atoms with Gasteiger partial charge in [0.1, 0.15) is 5.75 Å². The Morgan fingerprint density at radius 3 is 2.47 bits per heavy atom. The summed E-state index contributed by atoms with van der Waals surface area (Å²) >= 11 is 11.3. The maximum Gasteiger partial charge on any atom is 0.387 e. The summed E-state index contributed by atoms with van der Waals surface area (Å²) in [6.45, 7) is -1.76. The van der Waals surface area contributed by atoms with Crippen LogP contribution < -0.4 is 4.74 Å². The van der Waals surface area contributed by atoms with Crippen LogP contribution in [0.2, 0.25) is 10.0 Å². The Morgan fingerprint density at radius 2 is 2.00 bits per heavy atom. The molecule has 0 aliphatic heterocycles. The molecule has 0 aliphatic rings. The SMILES string of the molecule is CC(=O)c1cc(Cl)cc(OC(F)F)c1Cl. The number of ketones is 1. The third kappa shape index (κ3) is 3.04. The summed E-state index contributed by atoms with van der Waals surface area (Å²) in [7, 11) is 0. The zero-order valence-electron chi connectivity index (χ0n) is 7.56. The molecule has 0 saturated carbocycles. The minimum Gasteiger partial charge on any atom is -0.433 e. The minimum atomic E-state index is -3.01. The minimum absolute atomic E-state index is 0.0554. The largest absolute Gasteiger partial charge is 0.433 e. The molecule has 0 atom stereocenters. The zero-order chi connectivity index (χ0) is 11.6. The first-order chi connectivity index (χ1) is 6.91. The van der Waals surface area contributed by atoms with Gasteiger partial charge in [0, 0.05) is 16.7 Å². The Balaban J connectivity index is 3.22. The lowest BCUT2D eigenvalue weighted by molar-refractivity contribution is -0.0498. The highest BCUT2D eigenvalue weighted by atomic mass is 35.5. The third-order valence-corrected chi connectivity index (χ3v) is 2.21. The maximum atomic E-state index is 12.0. The van der Waals surface area contributed by atoms with E-state index < -0.39 is 6.61 Å². The van der Waals surface area contributed by atoms with Crippen molar-refractivity contribution in [2.75, 3.05) is 0 Å². The fourth-order valence-electron chi connectivity index (χ4n) is 1.00. The van der Waals surface area contributed by atoms with Crippen molar-refractivity contribution >= 4 is 29.0 Å². The predicted octanol–water partition coefficient (Wildman–Crippen LogP) is 3.80. The van der Waals surface area contributed by atoms with Crippen molar-refractivity contribution in [3.63, 3.8) is 0 Å². The fourth-order valence-corrected chi connectivity index (χ4v) is 1.50. The summed E-state index contributed by atoms with van der Waals surface area (Å²) in [5, 5.41) is -0.0487. The van der Waals surface area contributed by atoms with Crippen LogP contribution in [0.5, 0.6) is 5.75 Å². The zero-order valence-corrected chi connectivity index (χ0v) is 9.07. The van der Waals surface area contributed by atoms with Crippen molar-refractivity contribution in [1.29, 1.82) is 0 Å². The van der Waals surface area contributed by atoms with Gasteiger partial charge in [-0.3, -0.25) is 4.79 Å². The second kappa shape index (κ2) is 4.77. The number of hydrogen-bond donors (Lipinski definition) is 0. The summed E-state index contributed by atoms with van der Waals surface area (Å²) < 4.78 is 28.0. The molecule has 6 heteroatoms. The third-order valence-electron chi connectivity index (χ3n) is 1.60. The molecule has 0 bridgehead atoms. The highest BCUT2D eigenvalue weighted by molar-refractivity contribution is 6.37. The van der Waals surface area contributed by atoms with E-state index in [1.165, 1.54) is 13.0 Å². The van der Waals surface area contributed by atoms with Gasteiger partial charge in [-0.2, -0.15) is 8.78 Å². The summed E-state index contributed by atoms with van der Waals surface area (Å²) in [4.78, 5) is 11.1. The van der Waals surface area contributed by atoms with Crippen molar-refractivity contribution in [3.8, 4) is 5.75 Å². The van der Waals surface area contributed by atoms with Gasteiger partial charge in [0.25, 0.3) is 0 Å². The Hall–Kier alpha value is -0.870. The standard InChI is InChI=1S/C9H6Cl2F2O2/c1-4(14)6-2-5(10)3-7(8(6)11)15-9(12)13/h2-3,9H,1H3. The Morgan fingerprint density at radius 1 is 1.40 bits per heavy atom. The van der Waals surface area contributed by atoms with E-state index in [1.54, 1.807) is 0 Å². The second-order valence-electron chi connectivity index (χ2n) is 2.70. The lowest BCUT2D eigenvalue weighted by atomic mass is 10.1. The number of alkyl halides is 2. The lowest BCUT2D eigenvalue weighted by Gasteiger charge is -2.09. The smallest absolute Gasteiger partial charge is 0.387 e. The van der Waals surface area contributed by atoms with Gasteiger partial charge >= 0.3 is 6.61 Å². The Bertz CT molecular complexity index is 394. The summed E-state index contributed by atoms with van der Waals surface area (Å²) in [5.41, 5.74) is 0.0554. The van der Waals surface area contributed by atoms with Gasteiger partial charge in [0.05, 0.1) is 5.02 Å². The first-order valence-electron chi connectivity index (χ1n) is 3.86. The summed E-state index contributed by atoms with van der Waals surface area (Å²) in [6.07, 6.45) is 0. The van der Waals surface area contributed by atoms with E-state index in [0.717, 1.165) is 6.07 Å². The number of rotatable bonds is 3. The van der Waals surface area contributed by atoms with Gasteiger partial charge in [-0.05, 0) is 13.0 Å². The average Bonchev–Trinajstić information content (AvgIpc) is 2.09. The lowest BCUT2D eigenvalue weighted by Crippen LogP contribution is -2.04. The van der Waals surface area contributed by atoms with Crippen LogP contribution in [-0.2, 0) is 0 Å². The van der Waals surface area contributed by atoms with Crippen LogP contribution in [0.4, 0.5) is 8.78 Å². The molecule has 0 fully saturated rings. The van der Waals surface area contributed by atoms with E-state index >= 15 is 0 Å². The number of carbonyl (C=O) groups excluding carboxylic acids is 1. The first kappa shape index (κ1) is 12.2. The normalized spacial score (nSPS) is 10.5. The van der Waals surface area contributed by atoms with Crippen LogP contribution in [0.25, 0.3) is 0 Å². The van der Waals surface area contributed by atoms with Gasteiger partial charge in [-0.1, -0.05) is 23.2 Å². The quantitative estimate of drug-likeness (QED) is 0.768. The number of Topliss-reactive ketones (excluding diaryl/α,β-unsaturated/α-hetero) is 1. The highest BCUT2D eigenvalue weighted by Crippen LogP contribution is 2.33. The molecule has 1 aromatic rings. The molecule has 2 nitrogen and oxygen atoms in total. The molecule has 15 heavy (non-hydrogen) atoms. The predicted molar refractivity (Wildman–Crippen MR) is 53.1 cm³/mol. The molecule has 0 heterocycles. The average molecular weight is 255 g/mol. The molecular weight excluding hydrogens is 249 g/mol. The van der Waals surface area contributed by atoms with Crippen LogP contribution in [0.1, 0.15) is 17.3 Å². The van der Waals surface area contributed by atoms with Gasteiger partial charge in [-0.25, -0.2) is 0 Å². The van der Waals surface area contributed by atoms with E-state index in [2.05, 4.69) is 4.74 Å². The molecule has 0 spiro atoms. The second-order valence-corrected chi connectivity index (χ2v) is 3.51. The Kier molecular flexibility index (Phi) is 3.88. The van der Waals surface area contributed by atoms with Crippen molar-refractivity contribution in [2.24, 2.45) is 0 Å². The maximum absolute atomic E-state index is 12.0. The van der Waals surface area contributed by atoms with Crippen LogP contribution in [-0.4, -0.2) is 12.4 Å². The van der Waals surface area contributed by atoms with E-state index in [-0.39, 0.29) is 27.1 Å². The molecule has 0 amide bonds. The molecule has 0 radical (unpaired) electrons. The molecule has 0 unspecified atom stereocenters. The Labute approximate surface area is 94.7 Å². The number of hydrogen-bond acceptors (Lipinski definition) is 2. The highest BCUT2D eigenvalue weighted by Gasteiger charge is 2.15. The number of halogens is 4. The molecule has 1 rings (SSSR count). The van der Waals surface area contributed by atoms with Gasteiger partial charge < -0.3 is 4.74 Å². The molecule has 0 aliphatic carbocycles. The van der Waals surface area contributed by atoms with Crippen LogP contribution in [0, 0.1) is 0 Å². The number of ether oxygens (including phenoxy) is 1. The van der Waals surface area contributed by atoms with E-state index in [4.69, 9.17) is 23.2 Å². The monoisotopic (exact) mass is 254 g/mol.